The van der Waals surface area contributed by atoms with Gasteiger partial charge in [-0.05, 0) is 31.5 Å². The molecule has 0 radical (unpaired) electrons. The lowest BCUT2D eigenvalue weighted by molar-refractivity contribution is -0.385. The van der Waals surface area contributed by atoms with E-state index in [2.05, 4.69) is 0 Å². The fraction of sp³-hybridized carbons (Fsp3) is 0.200. The van der Waals surface area contributed by atoms with Crippen molar-refractivity contribution in [1.82, 2.24) is 0 Å². The fourth-order valence-electron chi connectivity index (χ4n) is 1.90. The Balaban J connectivity index is 2.24. The molecule has 0 saturated carbocycles. The van der Waals surface area contributed by atoms with Crippen LogP contribution in [-0.2, 0) is 14.3 Å². The van der Waals surface area contributed by atoms with Crippen molar-refractivity contribution in [3.8, 4) is 0 Å². The molecule has 0 amide bonds. The molecule has 0 aliphatic carbocycles. The molecule has 6 nitrogen and oxygen atoms in total. The van der Waals surface area contributed by atoms with E-state index in [-0.39, 0.29) is 10.6 Å². The van der Waals surface area contributed by atoms with E-state index in [1.54, 1.807) is 18.2 Å². The van der Waals surface area contributed by atoms with Crippen LogP contribution in [0.3, 0.4) is 0 Å². The molecule has 0 aliphatic heterocycles. The highest BCUT2D eigenvalue weighted by Crippen LogP contribution is 2.26. The smallest absolute Gasteiger partial charge is 0.258 e. The Hall–Kier alpha value is -2.25. The van der Waals surface area contributed by atoms with Gasteiger partial charge in [0.25, 0.3) is 15.8 Å². The van der Waals surface area contributed by atoms with Gasteiger partial charge in [0, 0.05) is 12.1 Å². The predicted molar refractivity (Wildman–Crippen MR) is 81.0 cm³/mol. The Morgan fingerprint density at radius 1 is 1.14 bits per heavy atom. The molecule has 116 valence electrons. The zero-order valence-electron chi connectivity index (χ0n) is 12.1. The summed E-state index contributed by atoms with van der Waals surface area (Å²) in [5, 5.41) is 10.8. The van der Waals surface area contributed by atoms with Crippen LogP contribution in [0.15, 0.2) is 53.4 Å². The van der Waals surface area contributed by atoms with Gasteiger partial charge in [-0.2, -0.15) is 8.42 Å². The van der Waals surface area contributed by atoms with E-state index in [1.165, 1.54) is 37.3 Å². The quantitative estimate of drug-likeness (QED) is 0.479. The molecule has 1 unspecified atom stereocenters. The maximum absolute atomic E-state index is 12.2. The van der Waals surface area contributed by atoms with E-state index in [1.807, 2.05) is 6.92 Å². The van der Waals surface area contributed by atoms with Crippen LogP contribution >= 0.6 is 0 Å². The highest BCUT2D eigenvalue weighted by atomic mass is 32.2. The summed E-state index contributed by atoms with van der Waals surface area (Å²) >= 11 is 0. The van der Waals surface area contributed by atoms with Crippen molar-refractivity contribution in [3.63, 3.8) is 0 Å². The zero-order valence-corrected chi connectivity index (χ0v) is 12.9. The summed E-state index contributed by atoms with van der Waals surface area (Å²) in [5.41, 5.74) is 1.25. The van der Waals surface area contributed by atoms with E-state index >= 15 is 0 Å². The molecular formula is C15H15NO5S. The van der Waals surface area contributed by atoms with Crippen LogP contribution in [-0.4, -0.2) is 13.3 Å². The third kappa shape index (κ3) is 3.69. The molecule has 2 aromatic rings. The van der Waals surface area contributed by atoms with Crippen LogP contribution in [0.25, 0.3) is 0 Å². The van der Waals surface area contributed by atoms with E-state index in [4.69, 9.17) is 4.18 Å². The van der Waals surface area contributed by atoms with Gasteiger partial charge in [-0.15, -0.1) is 0 Å². The van der Waals surface area contributed by atoms with E-state index in [0.29, 0.717) is 5.56 Å². The molecule has 1 atom stereocenters. The standard InChI is InChI=1S/C15H15NO5S/c1-11-6-8-15(9-7-11)22(19,20)21-12(2)13-4-3-5-14(10-13)16(17)18/h3-10,12H,1-2H3. The topological polar surface area (TPSA) is 86.5 Å². The summed E-state index contributed by atoms with van der Waals surface area (Å²) in [6.07, 6.45) is -0.828. The van der Waals surface area contributed by atoms with Gasteiger partial charge in [-0.3, -0.25) is 14.3 Å². The summed E-state index contributed by atoms with van der Waals surface area (Å²) in [6.45, 7) is 3.38. The van der Waals surface area contributed by atoms with Crippen LogP contribution < -0.4 is 0 Å². The molecule has 0 fully saturated rings. The molecule has 0 spiro atoms. The summed E-state index contributed by atoms with van der Waals surface area (Å²) in [5.74, 6) is 0. The number of non-ortho nitro benzene ring substituents is 1. The van der Waals surface area contributed by atoms with E-state index in [0.717, 1.165) is 5.56 Å². The second-order valence-electron chi connectivity index (χ2n) is 4.86. The van der Waals surface area contributed by atoms with Crippen LogP contribution in [0.1, 0.15) is 24.2 Å². The maximum Gasteiger partial charge on any atom is 0.297 e. The lowest BCUT2D eigenvalue weighted by atomic mass is 10.1. The first kappa shape index (κ1) is 16.1. The molecule has 0 heterocycles. The van der Waals surface area contributed by atoms with Crippen LogP contribution in [0.4, 0.5) is 5.69 Å². The zero-order chi connectivity index (χ0) is 16.3. The molecule has 0 bridgehead atoms. The minimum Gasteiger partial charge on any atom is -0.258 e. The summed E-state index contributed by atoms with van der Waals surface area (Å²) in [4.78, 5) is 10.3. The summed E-state index contributed by atoms with van der Waals surface area (Å²) in [6, 6.07) is 12.0. The number of benzene rings is 2. The SMILES string of the molecule is Cc1ccc(S(=O)(=O)OC(C)c2cccc([N+](=O)[O-])c2)cc1. The number of aryl methyl sites for hydroxylation is 1. The molecule has 22 heavy (non-hydrogen) atoms. The summed E-state index contributed by atoms with van der Waals surface area (Å²) < 4.78 is 29.5. The lowest BCUT2D eigenvalue weighted by Gasteiger charge is -2.13. The first-order valence-electron chi connectivity index (χ1n) is 6.54. The van der Waals surface area contributed by atoms with Gasteiger partial charge in [-0.25, -0.2) is 0 Å². The van der Waals surface area contributed by atoms with Gasteiger partial charge in [0.1, 0.15) is 0 Å². The first-order valence-corrected chi connectivity index (χ1v) is 7.95. The number of hydrogen-bond acceptors (Lipinski definition) is 5. The van der Waals surface area contributed by atoms with Gasteiger partial charge in [-0.1, -0.05) is 29.8 Å². The molecule has 2 aromatic carbocycles. The number of nitrogens with zero attached hydrogens (tertiary/aromatic N) is 1. The minimum absolute atomic E-state index is 0.0513. The Kier molecular flexibility index (Phi) is 4.58. The molecule has 0 N–H and O–H groups in total. The van der Waals surface area contributed by atoms with Gasteiger partial charge in [0.05, 0.1) is 15.9 Å². The van der Waals surface area contributed by atoms with E-state index < -0.39 is 21.1 Å². The molecule has 7 heteroatoms. The molecule has 2 rings (SSSR count). The number of hydrogen-bond donors (Lipinski definition) is 0. The fourth-order valence-corrected chi connectivity index (χ4v) is 2.97. The molecule has 0 aromatic heterocycles. The lowest BCUT2D eigenvalue weighted by Crippen LogP contribution is -2.10. The molecular weight excluding hydrogens is 306 g/mol. The second-order valence-corrected chi connectivity index (χ2v) is 6.43. The third-order valence-corrected chi connectivity index (χ3v) is 4.52. The van der Waals surface area contributed by atoms with Crippen LogP contribution in [0.5, 0.6) is 0 Å². The normalized spacial score (nSPS) is 12.8. The number of nitro benzene ring substituents is 1. The van der Waals surface area contributed by atoms with Gasteiger partial charge >= 0.3 is 0 Å². The maximum atomic E-state index is 12.2. The van der Waals surface area contributed by atoms with Crippen molar-refractivity contribution < 1.29 is 17.5 Å². The predicted octanol–water partition coefficient (Wildman–Crippen LogP) is 3.37. The van der Waals surface area contributed by atoms with Crippen molar-refractivity contribution in [2.75, 3.05) is 0 Å². The summed E-state index contributed by atoms with van der Waals surface area (Å²) in [7, 11) is -3.93. The largest absolute Gasteiger partial charge is 0.297 e. The average molecular weight is 321 g/mol. The average Bonchev–Trinajstić information content (AvgIpc) is 2.47. The van der Waals surface area contributed by atoms with Gasteiger partial charge < -0.3 is 0 Å². The van der Waals surface area contributed by atoms with Crippen molar-refractivity contribution in [2.45, 2.75) is 24.8 Å². The Morgan fingerprint density at radius 3 is 2.36 bits per heavy atom. The first-order chi connectivity index (χ1) is 10.3. The van der Waals surface area contributed by atoms with E-state index in [9.17, 15) is 18.5 Å². The third-order valence-electron chi connectivity index (χ3n) is 3.13. The minimum atomic E-state index is -3.93. The van der Waals surface area contributed by atoms with Crippen LogP contribution in [0.2, 0.25) is 0 Å². The van der Waals surface area contributed by atoms with Crippen molar-refractivity contribution in [2.24, 2.45) is 0 Å². The molecule has 0 saturated heterocycles. The van der Waals surface area contributed by atoms with Crippen molar-refractivity contribution in [1.29, 1.82) is 0 Å². The second kappa shape index (κ2) is 6.25. The van der Waals surface area contributed by atoms with Crippen LogP contribution in [0, 0.1) is 17.0 Å². The van der Waals surface area contributed by atoms with Gasteiger partial charge in [0.2, 0.25) is 0 Å². The monoisotopic (exact) mass is 321 g/mol. The highest BCUT2D eigenvalue weighted by Gasteiger charge is 2.21. The Labute approximate surface area is 128 Å². The Morgan fingerprint density at radius 2 is 1.77 bits per heavy atom. The number of nitro groups is 1. The van der Waals surface area contributed by atoms with Gasteiger partial charge in [0.15, 0.2) is 0 Å². The van der Waals surface area contributed by atoms with Crippen molar-refractivity contribution >= 4 is 15.8 Å². The molecule has 0 aliphatic rings. The highest BCUT2D eigenvalue weighted by molar-refractivity contribution is 7.86. The van der Waals surface area contributed by atoms with Crippen molar-refractivity contribution in [3.05, 3.63) is 69.8 Å². The number of rotatable bonds is 5. The Bertz CT molecular complexity index is 784.